The van der Waals surface area contributed by atoms with E-state index >= 15 is 0 Å². The number of aromatic nitrogens is 2. The van der Waals surface area contributed by atoms with Crippen molar-refractivity contribution in [3.05, 3.63) is 60.2 Å². The Hall–Kier alpha value is -1.97. The fourth-order valence-corrected chi connectivity index (χ4v) is 4.28. The van der Waals surface area contributed by atoms with Gasteiger partial charge in [-0.1, -0.05) is 12.1 Å². The van der Waals surface area contributed by atoms with Crippen LogP contribution in [0.5, 0.6) is 0 Å². The van der Waals surface area contributed by atoms with Crippen molar-refractivity contribution in [1.82, 2.24) is 9.97 Å². The summed E-state index contributed by atoms with van der Waals surface area (Å²) >= 11 is 0. The van der Waals surface area contributed by atoms with Gasteiger partial charge >= 0.3 is 21.2 Å². The first kappa shape index (κ1) is 25.1. The zero-order chi connectivity index (χ0) is 22.1. The summed E-state index contributed by atoms with van der Waals surface area (Å²) in [5.74, 6) is -0.770. The van der Waals surface area contributed by atoms with Crippen LogP contribution >= 0.6 is 15.2 Å². The van der Waals surface area contributed by atoms with E-state index in [4.69, 9.17) is 24.7 Å². The van der Waals surface area contributed by atoms with Crippen LogP contribution in [0.3, 0.4) is 0 Å². The number of carboxylic acid groups (broad SMARTS) is 1. The van der Waals surface area contributed by atoms with E-state index in [2.05, 4.69) is 9.97 Å². The standard InChI is InChI=1S/C8H13NO7P2.C8H9NO2/c10-8(17(11,12)13,18(14,15)16)4-3-7-2-1-5-9-6-7;10-8(11)4-3-7-2-1-5-9-6-7/h1-2,5-6,10H,3-4H2,(H2,11,12,13)(H2,14,15,16);1-2,5-6H,3-4H2,(H,10,11). The highest BCUT2D eigenvalue weighted by molar-refractivity contribution is 7.72. The maximum atomic E-state index is 11.1. The van der Waals surface area contributed by atoms with E-state index < -0.39 is 32.7 Å². The molecule has 11 nitrogen and oxygen atoms in total. The van der Waals surface area contributed by atoms with Crippen LogP contribution in [0, 0.1) is 0 Å². The highest BCUT2D eigenvalue weighted by Gasteiger charge is 2.58. The third kappa shape index (κ3) is 8.12. The smallest absolute Gasteiger partial charge is 0.369 e. The van der Waals surface area contributed by atoms with Gasteiger partial charge in [0.2, 0.25) is 0 Å². The summed E-state index contributed by atoms with van der Waals surface area (Å²) in [6.45, 7) is 0. The Balaban J connectivity index is 0.000000326. The van der Waals surface area contributed by atoms with Gasteiger partial charge < -0.3 is 29.8 Å². The summed E-state index contributed by atoms with van der Waals surface area (Å²) < 4.78 is 22.1. The number of aryl methyl sites for hydroxylation is 2. The third-order valence-electron chi connectivity index (χ3n) is 3.76. The van der Waals surface area contributed by atoms with Gasteiger partial charge in [0.15, 0.2) is 0 Å². The maximum absolute atomic E-state index is 11.1. The Labute approximate surface area is 166 Å². The normalized spacial score (nSPS) is 12.0. The van der Waals surface area contributed by atoms with E-state index in [9.17, 15) is 19.0 Å². The molecule has 2 rings (SSSR count). The van der Waals surface area contributed by atoms with Crippen LogP contribution in [-0.2, 0) is 26.8 Å². The lowest BCUT2D eigenvalue weighted by Gasteiger charge is -2.29. The predicted molar refractivity (Wildman–Crippen MR) is 102 cm³/mol. The Morgan fingerprint density at radius 2 is 1.34 bits per heavy atom. The lowest BCUT2D eigenvalue weighted by atomic mass is 10.2. The van der Waals surface area contributed by atoms with Crippen molar-refractivity contribution in [3.63, 3.8) is 0 Å². The quantitative estimate of drug-likeness (QED) is 0.316. The number of carbonyl (C=O) groups is 1. The minimum absolute atomic E-state index is 0.124. The average molecular weight is 448 g/mol. The van der Waals surface area contributed by atoms with Gasteiger partial charge in [0.1, 0.15) is 0 Å². The van der Waals surface area contributed by atoms with Crippen molar-refractivity contribution in [2.75, 3.05) is 0 Å². The number of aliphatic hydroxyl groups is 1. The highest BCUT2D eigenvalue weighted by atomic mass is 31.2. The Kier molecular flexibility index (Phi) is 9.25. The van der Waals surface area contributed by atoms with Crippen LogP contribution in [0.4, 0.5) is 0 Å². The van der Waals surface area contributed by atoms with Crippen molar-refractivity contribution in [2.24, 2.45) is 0 Å². The minimum atomic E-state index is -5.37. The molecule has 0 aliphatic carbocycles. The fraction of sp³-hybridized carbons (Fsp3) is 0.312. The first-order valence-electron chi connectivity index (χ1n) is 8.20. The number of rotatable bonds is 8. The first-order valence-corrected chi connectivity index (χ1v) is 11.4. The van der Waals surface area contributed by atoms with Crippen molar-refractivity contribution in [1.29, 1.82) is 0 Å². The van der Waals surface area contributed by atoms with Crippen molar-refractivity contribution < 1.29 is 43.7 Å². The van der Waals surface area contributed by atoms with Crippen molar-refractivity contribution in [2.45, 2.75) is 30.8 Å². The monoisotopic (exact) mass is 448 g/mol. The molecule has 2 aromatic heterocycles. The molecule has 0 radical (unpaired) electrons. The van der Waals surface area contributed by atoms with E-state index in [1.807, 2.05) is 6.07 Å². The summed E-state index contributed by atoms with van der Waals surface area (Å²) in [6, 6.07) is 6.79. The molecule has 6 N–H and O–H groups in total. The summed E-state index contributed by atoms with van der Waals surface area (Å²) in [4.78, 5) is 53.4. The van der Waals surface area contributed by atoms with Gasteiger partial charge in [-0.3, -0.25) is 23.9 Å². The van der Waals surface area contributed by atoms with Crippen molar-refractivity contribution >= 4 is 21.2 Å². The second kappa shape index (κ2) is 10.7. The van der Waals surface area contributed by atoms with Gasteiger partial charge in [0.25, 0.3) is 5.08 Å². The van der Waals surface area contributed by atoms with Gasteiger partial charge in [0, 0.05) is 37.6 Å². The molecule has 2 heterocycles. The van der Waals surface area contributed by atoms with E-state index in [1.165, 1.54) is 12.4 Å². The molecular weight excluding hydrogens is 426 g/mol. The van der Waals surface area contributed by atoms with Crippen LogP contribution in [0.2, 0.25) is 0 Å². The zero-order valence-electron chi connectivity index (χ0n) is 15.1. The molecule has 0 spiro atoms. The number of carboxylic acids is 1. The van der Waals surface area contributed by atoms with Gasteiger partial charge in [-0.05, 0) is 36.1 Å². The average Bonchev–Trinajstić information content (AvgIpc) is 2.65. The summed E-state index contributed by atoms with van der Waals surface area (Å²) in [5, 5.41) is 14.6. The van der Waals surface area contributed by atoms with Crippen LogP contribution in [-0.4, -0.2) is 50.8 Å². The lowest BCUT2D eigenvalue weighted by Crippen LogP contribution is -2.29. The Morgan fingerprint density at radius 3 is 1.69 bits per heavy atom. The van der Waals surface area contributed by atoms with Gasteiger partial charge in [-0.25, -0.2) is 0 Å². The van der Waals surface area contributed by atoms with E-state index in [1.54, 1.807) is 30.6 Å². The molecule has 0 saturated carbocycles. The summed E-state index contributed by atoms with van der Waals surface area (Å²) in [7, 11) is -10.7. The summed E-state index contributed by atoms with van der Waals surface area (Å²) in [6.07, 6.45) is 6.04. The molecule has 0 unspecified atom stereocenters. The molecule has 13 heteroatoms. The number of nitrogens with zero attached hydrogens (tertiary/aromatic N) is 2. The van der Waals surface area contributed by atoms with Crippen LogP contribution < -0.4 is 0 Å². The molecule has 0 bridgehead atoms. The molecule has 0 aliphatic rings. The minimum Gasteiger partial charge on any atom is -0.481 e. The number of aliphatic carboxylic acids is 1. The molecule has 29 heavy (non-hydrogen) atoms. The van der Waals surface area contributed by atoms with Gasteiger partial charge in [0.05, 0.1) is 0 Å². The molecule has 0 atom stereocenters. The maximum Gasteiger partial charge on any atom is 0.369 e. The second-order valence-corrected chi connectivity index (χ2v) is 9.99. The highest BCUT2D eigenvalue weighted by Crippen LogP contribution is 2.69. The van der Waals surface area contributed by atoms with E-state index in [-0.39, 0.29) is 12.8 Å². The first-order chi connectivity index (χ1) is 13.4. The number of hydrogen-bond acceptors (Lipinski definition) is 6. The van der Waals surface area contributed by atoms with Crippen molar-refractivity contribution in [3.8, 4) is 0 Å². The van der Waals surface area contributed by atoms with Gasteiger partial charge in [-0.15, -0.1) is 0 Å². The second-order valence-electron chi connectivity index (χ2n) is 5.98. The van der Waals surface area contributed by atoms with Crippen LogP contribution in [0.25, 0.3) is 0 Å². The molecule has 2 aromatic rings. The van der Waals surface area contributed by atoms with Gasteiger partial charge in [-0.2, -0.15) is 0 Å². The molecule has 0 saturated heterocycles. The fourth-order valence-electron chi connectivity index (χ4n) is 2.12. The SMILES string of the molecule is O=C(O)CCc1cccnc1.O=P(O)(O)C(O)(CCc1cccnc1)P(=O)(O)O. The Bertz CT molecular complexity index is 846. The summed E-state index contributed by atoms with van der Waals surface area (Å²) in [5.41, 5.74) is 1.47. The van der Waals surface area contributed by atoms with E-state index in [0.29, 0.717) is 12.0 Å². The molecule has 0 aliphatic heterocycles. The lowest BCUT2D eigenvalue weighted by molar-refractivity contribution is -0.136. The van der Waals surface area contributed by atoms with Crippen LogP contribution in [0.1, 0.15) is 24.0 Å². The molecule has 0 aromatic carbocycles. The third-order valence-corrected chi connectivity index (χ3v) is 7.63. The predicted octanol–water partition coefficient (Wildman–Crippen LogP) is 1.11. The number of pyridine rings is 2. The molecule has 0 fully saturated rings. The topological polar surface area (TPSA) is 198 Å². The molecular formula is C16H22N2O9P2. The Morgan fingerprint density at radius 1 is 0.897 bits per heavy atom. The largest absolute Gasteiger partial charge is 0.481 e. The number of hydrogen-bond donors (Lipinski definition) is 6. The molecule has 0 amide bonds. The zero-order valence-corrected chi connectivity index (χ0v) is 16.9. The van der Waals surface area contributed by atoms with E-state index in [0.717, 1.165) is 5.56 Å². The van der Waals surface area contributed by atoms with Crippen LogP contribution in [0.15, 0.2) is 49.1 Å². The molecule has 160 valence electrons.